The van der Waals surface area contributed by atoms with E-state index in [0.717, 1.165) is 17.4 Å². The number of thiol groups is 1. The van der Waals surface area contributed by atoms with E-state index >= 15 is 0 Å². The van der Waals surface area contributed by atoms with Crippen LogP contribution >= 0.6 is 24.4 Å². The molecule has 0 radical (unpaired) electrons. The molecule has 0 atom stereocenters. The van der Waals surface area contributed by atoms with Crippen LogP contribution < -0.4 is 20.7 Å². The molecule has 0 fully saturated rings. The maximum absolute atomic E-state index is 12.4. The van der Waals surface area contributed by atoms with Crippen molar-refractivity contribution in [1.29, 1.82) is 0 Å². The van der Waals surface area contributed by atoms with Crippen LogP contribution in [-0.2, 0) is 4.79 Å². The summed E-state index contributed by atoms with van der Waals surface area (Å²) in [7, 11) is 0. The molecule has 0 aliphatic rings. The molecule has 30 heavy (non-hydrogen) atoms. The first kappa shape index (κ1) is 23.5. The Morgan fingerprint density at radius 3 is 2.20 bits per heavy atom. The second-order valence-electron chi connectivity index (χ2n) is 6.36. The molecule has 0 saturated heterocycles. The summed E-state index contributed by atoms with van der Waals surface area (Å²) in [6, 6.07) is 10.3. The van der Waals surface area contributed by atoms with Crippen LogP contribution in [0.2, 0.25) is 5.02 Å². The van der Waals surface area contributed by atoms with Crippen molar-refractivity contribution in [3.05, 3.63) is 53.1 Å². The molecule has 0 aliphatic carbocycles. The van der Waals surface area contributed by atoms with Gasteiger partial charge in [-0.3, -0.25) is 14.5 Å². The molecule has 0 heterocycles. The molecule has 0 saturated carbocycles. The zero-order valence-electron chi connectivity index (χ0n) is 16.7. The van der Waals surface area contributed by atoms with Crippen molar-refractivity contribution in [2.45, 2.75) is 13.8 Å². The van der Waals surface area contributed by atoms with Gasteiger partial charge in [0.25, 0.3) is 0 Å². The number of benzene rings is 2. The molecule has 0 spiro atoms. The van der Waals surface area contributed by atoms with Crippen LogP contribution in [0.3, 0.4) is 0 Å². The highest BCUT2D eigenvalue weighted by Crippen LogP contribution is 2.26. The molecule has 0 aromatic heterocycles. The highest BCUT2D eigenvalue weighted by molar-refractivity contribution is 7.82. The maximum Gasteiger partial charge on any atom is 0.336 e. The minimum absolute atomic E-state index is 0.168. The highest BCUT2D eigenvalue weighted by atomic mass is 35.5. The monoisotopic (exact) mass is 449 g/mol. The van der Waals surface area contributed by atoms with E-state index in [4.69, 9.17) is 17.3 Å². The van der Waals surface area contributed by atoms with E-state index in [0.29, 0.717) is 22.6 Å². The van der Waals surface area contributed by atoms with Gasteiger partial charge in [0.1, 0.15) is 0 Å². The maximum atomic E-state index is 12.4. The van der Waals surface area contributed by atoms with Crippen LogP contribution in [-0.4, -0.2) is 42.4 Å². The van der Waals surface area contributed by atoms with Crippen molar-refractivity contribution in [2.24, 2.45) is 5.73 Å². The first-order valence-corrected chi connectivity index (χ1v) is 10.0. The average molecular weight is 450 g/mol. The van der Waals surface area contributed by atoms with Crippen molar-refractivity contribution in [3.63, 3.8) is 0 Å². The molecule has 0 unspecified atom stereocenters. The van der Waals surface area contributed by atoms with Gasteiger partial charge < -0.3 is 16.4 Å². The molecule has 160 valence electrons. The van der Waals surface area contributed by atoms with Gasteiger partial charge in [-0.05, 0) is 55.6 Å². The quantitative estimate of drug-likeness (QED) is 0.462. The fraction of sp³-hybridized carbons (Fsp3) is 0.250. The van der Waals surface area contributed by atoms with Crippen molar-refractivity contribution in [1.82, 2.24) is 4.90 Å². The van der Waals surface area contributed by atoms with Crippen LogP contribution in [0.15, 0.2) is 42.5 Å². The van der Waals surface area contributed by atoms with Crippen LogP contribution in [0.4, 0.5) is 21.9 Å². The second kappa shape index (κ2) is 10.9. The second-order valence-corrected chi connectivity index (χ2v) is 7.16. The van der Waals surface area contributed by atoms with E-state index in [-0.39, 0.29) is 17.5 Å². The largest absolute Gasteiger partial charge is 0.366 e. The number of nitrogens with two attached hydrogens (primary N) is 1. The van der Waals surface area contributed by atoms with Gasteiger partial charge in [-0.1, -0.05) is 38.3 Å². The fourth-order valence-corrected chi connectivity index (χ4v) is 3.01. The molecule has 10 heteroatoms. The predicted octanol–water partition coefficient (Wildman–Crippen LogP) is 3.60. The molecule has 8 nitrogen and oxygen atoms in total. The van der Waals surface area contributed by atoms with E-state index in [9.17, 15) is 14.4 Å². The van der Waals surface area contributed by atoms with Crippen molar-refractivity contribution in [2.75, 3.05) is 34.6 Å². The predicted molar refractivity (Wildman–Crippen MR) is 123 cm³/mol. The number of primary amides is 1. The Morgan fingerprint density at radius 1 is 1.03 bits per heavy atom. The van der Waals surface area contributed by atoms with E-state index in [2.05, 4.69) is 23.4 Å². The molecule has 0 bridgehead atoms. The first-order valence-electron chi connectivity index (χ1n) is 9.26. The lowest BCUT2D eigenvalue weighted by molar-refractivity contribution is -0.117. The summed E-state index contributed by atoms with van der Waals surface area (Å²) < 4.78 is 1.08. The summed E-state index contributed by atoms with van der Waals surface area (Å²) in [6.45, 7) is 5.78. The first-order chi connectivity index (χ1) is 14.2. The third kappa shape index (κ3) is 6.38. The number of urea groups is 1. The Bertz CT molecular complexity index is 919. The lowest BCUT2D eigenvalue weighted by Crippen LogP contribution is -2.33. The van der Waals surface area contributed by atoms with Gasteiger partial charge in [-0.2, -0.15) is 0 Å². The molecular formula is C20H24ClN5O3S. The normalized spacial score (nSPS) is 10.6. The van der Waals surface area contributed by atoms with Gasteiger partial charge >= 0.3 is 6.03 Å². The SMILES string of the molecule is CCN(CC)CC(=O)Nc1ccc(NC(=O)N(S)c2ccc(C(N)=O)cc2)cc1Cl. The number of carbonyl (C=O) groups excluding carboxylic acids is 3. The third-order valence-electron chi connectivity index (χ3n) is 4.34. The summed E-state index contributed by atoms with van der Waals surface area (Å²) in [5.74, 6) is -0.728. The van der Waals surface area contributed by atoms with Gasteiger partial charge in [-0.25, -0.2) is 9.10 Å². The minimum Gasteiger partial charge on any atom is -0.366 e. The Kier molecular flexibility index (Phi) is 8.52. The molecule has 4 N–H and O–H groups in total. The number of rotatable bonds is 8. The van der Waals surface area contributed by atoms with Gasteiger partial charge in [-0.15, -0.1) is 0 Å². The molecule has 2 rings (SSSR count). The van der Waals surface area contributed by atoms with Crippen molar-refractivity contribution >= 4 is 59.3 Å². The van der Waals surface area contributed by atoms with E-state index in [1.54, 1.807) is 24.3 Å². The number of nitrogens with zero attached hydrogens (tertiary/aromatic N) is 2. The Labute approximate surface area is 185 Å². The number of hydrogen-bond donors (Lipinski definition) is 4. The topological polar surface area (TPSA) is 108 Å². The standard InChI is InChI=1S/C20H24ClN5O3S/c1-3-25(4-2)12-18(27)24-17-10-7-14(11-16(17)21)23-20(29)26(30)15-8-5-13(6-9-15)19(22)28/h5-11,30H,3-4,12H2,1-2H3,(H2,22,28)(H,23,29)(H,24,27). The molecular weight excluding hydrogens is 426 g/mol. The van der Waals surface area contributed by atoms with Crippen LogP contribution in [0.25, 0.3) is 0 Å². The van der Waals surface area contributed by atoms with Gasteiger partial charge in [0.2, 0.25) is 11.8 Å². The Morgan fingerprint density at radius 2 is 1.67 bits per heavy atom. The molecule has 4 amide bonds. The third-order valence-corrected chi connectivity index (χ3v) is 5.07. The average Bonchev–Trinajstić information content (AvgIpc) is 2.73. The van der Waals surface area contributed by atoms with Gasteiger partial charge in [0.15, 0.2) is 0 Å². The van der Waals surface area contributed by atoms with Crippen LogP contribution in [0.5, 0.6) is 0 Å². The number of hydrogen-bond acceptors (Lipinski definition) is 5. The Balaban J connectivity index is 2.01. The number of nitrogens with one attached hydrogen (secondary N) is 2. The van der Waals surface area contributed by atoms with E-state index in [1.165, 1.54) is 18.2 Å². The minimum atomic E-state index is -0.560. The number of carbonyl (C=O) groups is 3. The lowest BCUT2D eigenvalue weighted by Gasteiger charge is -2.18. The van der Waals surface area contributed by atoms with Crippen LogP contribution in [0.1, 0.15) is 24.2 Å². The van der Waals surface area contributed by atoms with E-state index < -0.39 is 11.9 Å². The van der Waals surface area contributed by atoms with Gasteiger partial charge in [0.05, 0.1) is 22.9 Å². The van der Waals surface area contributed by atoms with Crippen molar-refractivity contribution < 1.29 is 14.4 Å². The van der Waals surface area contributed by atoms with Gasteiger partial charge in [0, 0.05) is 11.3 Å². The summed E-state index contributed by atoms with van der Waals surface area (Å²) >= 11 is 10.4. The molecule has 2 aromatic carbocycles. The lowest BCUT2D eigenvalue weighted by atomic mass is 10.2. The zero-order valence-corrected chi connectivity index (χ0v) is 18.3. The summed E-state index contributed by atoms with van der Waals surface area (Å²) in [4.78, 5) is 37.7. The Hall–Kier alpha value is -2.75. The smallest absolute Gasteiger partial charge is 0.336 e. The summed E-state index contributed by atoms with van der Waals surface area (Å²) in [5.41, 5.74) is 6.87. The fourth-order valence-electron chi connectivity index (χ4n) is 2.59. The number of anilines is 3. The van der Waals surface area contributed by atoms with Crippen molar-refractivity contribution in [3.8, 4) is 0 Å². The number of likely N-dealkylation sites (N-methyl/N-ethyl adjacent to an activating group) is 1. The van der Waals surface area contributed by atoms with Crippen LogP contribution in [0, 0.1) is 0 Å². The zero-order chi connectivity index (χ0) is 22.3. The molecule has 2 aromatic rings. The number of halogens is 1. The summed E-state index contributed by atoms with van der Waals surface area (Å²) in [6.07, 6.45) is 0. The molecule has 0 aliphatic heterocycles. The summed E-state index contributed by atoms with van der Waals surface area (Å²) in [5, 5.41) is 5.72. The van der Waals surface area contributed by atoms with E-state index in [1.807, 2.05) is 18.7 Å². The highest BCUT2D eigenvalue weighted by Gasteiger charge is 2.15. The number of amides is 4.